The molecule has 1 aromatic heterocycles. The molecule has 1 heterocycles. The van der Waals surface area contributed by atoms with Crippen molar-refractivity contribution in [2.75, 3.05) is 0 Å². The van der Waals surface area contributed by atoms with Gasteiger partial charge in [0.25, 0.3) is 5.91 Å². The summed E-state index contributed by atoms with van der Waals surface area (Å²) < 4.78 is 20.8. The highest BCUT2D eigenvalue weighted by Gasteiger charge is 2.17. The molecule has 5 rings (SSSR count). The highest BCUT2D eigenvalue weighted by atomic mass is 19.1. The van der Waals surface area contributed by atoms with Gasteiger partial charge in [0, 0.05) is 17.3 Å². The van der Waals surface area contributed by atoms with Crippen molar-refractivity contribution >= 4 is 12.0 Å². The average Bonchev–Trinajstić information content (AvgIpc) is 3.44. The van der Waals surface area contributed by atoms with Gasteiger partial charge in [-0.05, 0) is 72.7 Å². The van der Waals surface area contributed by atoms with E-state index in [-0.39, 0.29) is 17.4 Å². The highest BCUT2D eigenvalue weighted by molar-refractivity contribution is 6.02. The first-order valence-electron chi connectivity index (χ1n) is 13.1. The number of hydrogen-bond acceptors (Lipinski definition) is 4. The van der Waals surface area contributed by atoms with E-state index in [9.17, 15) is 14.4 Å². The summed E-state index contributed by atoms with van der Waals surface area (Å²) in [4.78, 5) is 13.1. The van der Waals surface area contributed by atoms with Gasteiger partial charge in [0.05, 0.1) is 17.4 Å². The van der Waals surface area contributed by atoms with Crippen LogP contribution in [0.1, 0.15) is 29.7 Å². The van der Waals surface area contributed by atoms with Crippen molar-refractivity contribution in [2.45, 2.75) is 19.6 Å². The van der Waals surface area contributed by atoms with E-state index < -0.39 is 5.91 Å². The zero-order valence-corrected chi connectivity index (χ0v) is 22.4. The molecule has 0 bridgehead atoms. The normalized spacial score (nSPS) is 11.9. The fraction of sp³-hybridized carbons (Fsp3) is 0.0882. The number of hydrogen-bond donors (Lipinski definition) is 1. The third-order valence-electron chi connectivity index (χ3n) is 6.52. The molecule has 0 aliphatic heterocycles. The largest absolute Gasteiger partial charge is 0.489 e. The van der Waals surface area contributed by atoms with Crippen LogP contribution in [0.15, 0.2) is 121 Å². The fourth-order valence-corrected chi connectivity index (χ4v) is 4.29. The van der Waals surface area contributed by atoms with Crippen LogP contribution in [0.4, 0.5) is 4.39 Å². The molecule has 1 amide bonds. The molecule has 0 aliphatic rings. The number of carbonyl (C=O) groups is 1. The van der Waals surface area contributed by atoms with E-state index in [4.69, 9.17) is 9.84 Å². The lowest BCUT2D eigenvalue weighted by atomic mass is 10.0. The Balaban J connectivity index is 1.42. The maximum absolute atomic E-state index is 13.2. The molecule has 1 atom stereocenters. The second-order valence-electron chi connectivity index (χ2n) is 9.43. The minimum absolute atomic E-state index is 0.0269. The molecule has 0 radical (unpaired) electrons. The number of nitrogens with one attached hydrogen (secondary N) is 1. The maximum atomic E-state index is 13.2. The van der Waals surface area contributed by atoms with Crippen LogP contribution in [-0.2, 0) is 11.4 Å². The Kier molecular flexibility index (Phi) is 8.32. The number of halogens is 1. The zero-order chi connectivity index (χ0) is 28.6. The molecule has 0 aliphatic carbocycles. The van der Waals surface area contributed by atoms with E-state index in [0.717, 1.165) is 22.4 Å². The number of ether oxygens (including phenoxy) is 1. The number of nitriles is 1. The molecular formula is C34H27FN4O2. The van der Waals surface area contributed by atoms with Crippen LogP contribution in [0.3, 0.4) is 0 Å². The van der Waals surface area contributed by atoms with Gasteiger partial charge in [-0.3, -0.25) is 4.79 Å². The van der Waals surface area contributed by atoms with Crippen LogP contribution >= 0.6 is 0 Å². The van der Waals surface area contributed by atoms with Gasteiger partial charge < -0.3 is 10.1 Å². The van der Waals surface area contributed by atoms with E-state index in [1.807, 2.05) is 97.9 Å². The first kappa shape index (κ1) is 27.1. The Labute approximate surface area is 238 Å². The van der Waals surface area contributed by atoms with E-state index in [0.29, 0.717) is 23.6 Å². The van der Waals surface area contributed by atoms with Crippen molar-refractivity contribution in [1.29, 1.82) is 5.26 Å². The second-order valence-corrected chi connectivity index (χ2v) is 9.43. The number of aromatic nitrogens is 2. The van der Waals surface area contributed by atoms with Crippen molar-refractivity contribution in [3.8, 4) is 28.8 Å². The van der Waals surface area contributed by atoms with Crippen molar-refractivity contribution in [3.05, 3.63) is 143 Å². The van der Waals surface area contributed by atoms with Crippen molar-refractivity contribution < 1.29 is 13.9 Å². The van der Waals surface area contributed by atoms with Crippen LogP contribution in [0.2, 0.25) is 0 Å². The van der Waals surface area contributed by atoms with Crippen molar-refractivity contribution in [2.24, 2.45) is 0 Å². The van der Waals surface area contributed by atoms with Gasteiger partial charge >= 0.3 is 0 Å². The summed E-state index contributed by atoms with van der Waals surface area (Å²) in [5, 5.41) is 17.6. The lowest BCUT2D eigenvalue weighted by Gasteiger charge is -2.13. The molecule has 0 saturated heterocycles. The molecule has 1 N–H and O–H groups in total. The van der Waals surface area contributed by atoms with Crippen LogP contribution in [0.5, 0.6) is 5.75 Å². The summed E-state index contributed by atoms with van der Waals surface area (Å²) >= 11 is 0. The van der Waals surface area contributed by atoms with Crippen LogP contribution in [-0.4, -0.2) is 15.7 Å². The topological polar surface area (TPSA) is 79.9 Å². The molecule has 0 spiro atoms. The molecule has 0 saturated carbocycles. The van der Waals surface area contributed by atoms with Crippen LogP contribution in [0, 0.1) is 17.1 Å². The number of amides is 1. The monoisotopic (exact) mass is 542 g/mol. The second kappa shape index (κ2) is 12.6. The predicted molar refractivity (Wildman–Crippen MR) is 156 cm³/mol. The van der Waals surface area contributed by atoms with Gasteiger partial charge in [0.15, 0.2) is 0 Å². The third kappa shape index (κ3) is 6.75. The van der Waals surface area contributed by atoms with Crippen molar-refractivity contribution in [1.82, 2.24) is 15.1 Å². The Hall–Kier alpha value is -5.48. The van der Waals surface area contributed by atoms with E-state index in [1.54, 1.807) is 29.1 Å². The predicted octanol–water partition coefficient (Wildman–Crippen LogP) is 7.04. The number of benzene rings is 4. The number of para-hydroxylation sites is 1. The molecular weight excluding hydrogens is 515 g/mol. The van der Waals surface area contributed by atoms with Gasteiger partial charge in [-0.2, -0.15) is 10.4 Å². The molecule has 0 unspecified atom stereocenters. The summed E-state index contributed by atoms with van der Waals surface area (Å²) in [6.07, 6.45) is 3.36. The van der Waals surface area contributed by atoms with Crippen LogP contribution in [0.25, 0.3) is 23.0 Å². The minimum atomic E-state index is -0.466. The molecule has 41 heavy (non-hydrogen) atoms. The number of nitrogens with zero attached hydrogens (tertiary/aromatic N) is 3. The zero-order valence-electron chi connectivity index (χ0n) is 22.4. The Morgan fingerprint density at radius 2 is 1.63 bits per heavy atom. The summed E-state index contributed by atoms with van der Waals surface area (Å²) in [5.74, 6) is -0.114. The SMILES string of the molecule is C[C@H](NC(=O)/C(C#N)=C/c1cn(-c2ccccc2)nc1-c1ccc(OCc2ccc(F)cc2)cc1)c1ccccc1. The average molecular weight is 543 g/mol. The first-order chi connectivity index (χ1) is 20.0. The molecule has 4 aromatic carbocycles. The number of carbonyl (C=O) groups excluding carboxylic acids is 1. The summed E-state index contributed by atoms with van der Waals surface area (Å²) in [5.41, 5.74) is 4.62. The van der Waals surface area contributed by atoms with Crippen molar-refractivity contribution in [3.63, 3.8) is 0 Å². The minimum Gasteiger partial charge on any atom is -0.489 e. The lowest BCUT2D eigenvalue weighted by molar-refractivity contribution is -0.117. The lowest BCUT2D eigenvalue weighted by Crippen LogP contribution is -2.27. The van der Waals surface area contributed by atoms with Gasteiger partial charge in [-0.25, -0.2) is 9.07 Å². The van der Waals surface area contributed by atoms with Gasteiger partial charge in [-0.1, -0.05) is 60.7 Å². The standard InChI is InChI=1S/C34H27FN4O2/c1-24(26-8-4-2-5-9-26)37-34(40)28(21-36)20-29-22-39(31-10-6-3-7-11-31)38-33(29)27-14-18-32(19-15-27)41-23-25-12-16-30(35)17-13-25/h2-20,22,24H,23H2,1H3,(H,37,40)/b28-20+/t24-/m0/s1. The Bertz CT molecular complexity index is 1690. The number of rotatable bonds is 9. The van der Waals surface area contributed by atoms with Gasteiger partial charge in [0.1, 0.15) is 29.8 Å². The van der Waals surface area contributed by atoms with E-state index in [2.05, 4.69) is 5.32 Å². The van der Waals surface area contributed by atoms with Gasteiger partial charge in [-0.15, -0.1) is 0 Å². The summed E-state index contributed by atoms with van der Waals surface area (Å²) in [6.45, 7) is 2.18. The Morgan fingerprint density at radius 1 is 0.976 bits per heavy atom. The molecule has 7 heteroatoms. The smallest absolute Gasteiger partial charge is 0.262 e. The fourth-order valence-electron chi connectivity index (χ4n) is 4.29. The molecule has 5 aromatic rings. The first-order valence-corrected chi connectivity index (χ1v) is 13.1. The summed E-state index contributed by atoms with van der Waals surface area (Å²) in [7, 11) is 0. The summed E-state index contributed by atoms with van der Waals surface area (Å²) in [6, 6.07) is 34.5. The molecule has 202 valence electrons. The molecule has 0 fully saturated rings. The Morgan fingerprint density at radius 3 is 2.29 bits per heavy atom. The highest BCUT2D eigenvalue weighted by Crippen LogP contribution is 2.28. The van der Waals surface area contributed by atoms with Crippen LogP contribution < -0.4 is 10.1 Å². The third-order valence-corrected chi connectivity index (χ3v) is 6.52. The maximum Gasteiger partial charge on any atom is 0.262 e. The quantitative estimate of drug-likeness (QED) is 0.160. The van der Waals surface area contributed by atoms with Gasteiger partial charge in [0.2, 0.25) is 0 Å². The molecule has 6 nitrogen and oxygen atoms in total. The van der Waals surface area contributed by atoms with E-state index >= 15 is 0 Å². The van der Waals surface area contributed by atoms with E-state index in [1.165, 1.54) is 12.1 Å².